The number of nitrogens with one attached hydrogen (secondary N) is 1. The Kier molecular flexibility index (Phi) is 4.72. The van der Waals surface area contributed by atoms with Crippen LogP contribution in [0, 0.1) is 0 Å². The maximum atomic E-state index is 12.2. The summed E-state index contributed by atoms with van der Waals surface area (Å²) in [5, 5.41) is 11.2. The third kappa shape index (κ3) is 3.65. The van der Waals surface area contributed by atoms with Crippen molar-refractivity contribution in [2.75, 3.05) is 0 Å². The van der Waals surface area contributed by atoms with Crippen LogP contribution in [-0.2, 0) is 4.79 Å². The minimum Gasteiger partial charge on any atom is -0.411 e. The summed E-state index contributed by atoms with van der Waals surface area (Å²) >= 11 is 1.28. The largest absolute Gasteiger partial charge is 0.411 e. The van der Waals surface area contributed by atoms with E-state index in [0.29, 0.717) is 17.2 Å². The summed E-state index contributed by atoms with van der Waals surface area (Å²) in [6, 6.07) is 3.93. The first kappa shape index (κ1) is 15.0. The summed E-state index contributed by atoms with van der Waals surface area (Å²) < 4.78 is 5.59. The van der Waals surface area contributed by atoms with E-state index in [1.54, 1.807) is 24.5 Å². The van der Waals surface area contributed by atoms with E-state index in [1.807, 2.05) is 6.92 Å². The van der Waals surface area contributed by atoms with Gasteiger partial charge in [0.2, 0.25) is 11.8 Å². The van der Waals surface area contributed by atoms with Crippen molar-refractivity contribution < 1.29 is 9.21 Å². The molecule has 1 amide bonds. The van der Waals surface area contributed by atoms with E-state index in [-0.39, 0.29) is 11.2 Å². The first-order chi connectivity index (χ1) is 10.7. The van der Waals surface area contributed by atoms with Gasteiger partial charge in [-0.05, 0) is 31.9 Å². The zero-order valence-electron chi connectivity index (χ0n) is 12.4. The maximum Gasteiger partial charge on any atom is 0.277 e. The number of hydrogen-bond donors (Lipinski definition) is 1. The van der Waals surface area contributed by atoms with Gasteiger partial charge in [-0.3, -0.25) is 9.78 Å². The Labute approximate surface area is 133 Å². The molecule has 0 spiro atoms. The molecule has 1 atom stereocenters. The second kappa shape index (κ2) is 6.91. The molecule has 0 aliphatic heterocycles. The lowest BCUT2D eigenvalue weighted by molar-refractivity contribution is -0.120. The van der Waals surface area contributed by atoms with Crippen molar-refractivity contribution >= 4 is 17.7 Å². The molecule has 3 rings (SSSR count). The van der Waals surface area contributed by atoms with Crippen molar-refractivity contribution in [3.05, 3.63) is 24.5 Å². The molecule has 1 fully saturated rings. The van der Waals surface area contributed by atoms with E-state index in [9.17, 15) is 4.79 Å². The number of amides is 1. The molecule has 0 radical (unpaired) electrons. The van der Waals surface area contributed by atoms with Gasteiger partial charge in [0, 0.05) is 24.0 Å². The standard InChI is InChI=1S/C15H18N4O2S/c1-10(13(20)17-12-4-2-3-5-12)22-15-19-18-14(21-15)11-6-8-16-9-7-11/h6-10,12H,2-5H2,1H3,(H,17,20). The Morgan fingerprint density at radius 3 is 2.77 bits per heavy atom. The van der Waals surface area contributed by atoms with Crippen LogP contribution in [-0.4, -0.2) is 32.4 Å². The molecule has 1 N–H and O–H groups in total. The van der Waals surface area contributed by atoms with Crippen molar-refractivity contribution in [3.8, 4) is 11.5 Å². The van der Waals surface area contributed by atoms with Crippen molar-refractivity contribution in [1.82, 2.24) is 20.5 Å². The van der Waals surface area contributed by atoms with Gasteiger partial charge in [-0.15, -0.1) is 10.2 Å². The van der Waals surface area contributed by atoms with Crippen molar-refractivity contribution in [2.24, 2.45) is 0 Å². The van der Waals surface area contributed by atoms with Crippen LogP contribution >= 0.6 is 11.8 Å². The molecule has 2 aromatic heterocycles. The minimum absolute atomic E-state index is 0.0283. The van der Waals surface area contributed by atoms with Gasteiger partial charge in [0.1, 0.15) is 0 Å². The van der Waals surface area contributed by atoms with Crippen LogP contribution in [0.25, 0.3) is 11.5 Å². The second-order valence-corrected chi connectivity index (χ2v) is 6.65. The van der Waals surface area contributed by atoms with E-state index < -0.39 is 0 Å². The molecule has 2 aromatic rings. The Hall–Kier alpha value is -1.89. The molecule has 116 valence electrons. The van der Waals surface area contributed by atoms with Gasteiger partial charge >= 0.3 is 0 Å². The van der Waals surface area contributed by atoms with Crippen LogP contribution in [0.15, 0.2) is 34.2 Å². The number of rotatable bonds is 5. The molecule has 1 aliphatic carbocycles. The molecule has 7 heteroatoms. The van der Waals surface area contributed by atoms with Gasteiger partial charge in [-0.1, -0.05) is 24.6 Å². The molecular formula is C15H18N4O2S. The summed E-state index contributed by atoms with van der Waals surface area (Å²) in [7, 11) is 0. The average molecular weight is 318 g/mol. The molecule has 22 heavy (non-hydrogen) atoms. The smallest absolute Gasteiger partial charge is 0.277 e. The second-order valence-electron chi connectivity index (χ2n) is 5.36. The number of aromatic nitrogens is 3. The van der Waals surface area contributed by atoms with Gasteiger partial charge < -0.3 is 9.73 Å². The fraction of sp³-hybridized carbons (Fsp3) is 0.467. The Balaban J connectivity index is 1.58. The molecule has 0 aromatic carbocycles. The van der Waals surface area contributed by atoms with Crippen LogP contribution in [0.1, 0.15) is 32.6 Å². The predicted octanol–water partition coefficient (Wildman–Crippen LogP) is 2.67. The molecule has 1 saturated carbocycles. The van der Waals surface area contributed by atoms with Crippen LogP contribution in [0.2, 0.25) is 0 Å². The first-order valence-electron chi connectivity index (χ1n) is 7.43. The number of thioether (sulfide) groups is 1. The average Bonchev–Trinajstić information content (AvgIpc) is 3.20. The maximum absolute atomic E-state index is 12.2. The Bertz CT molecular complexity index is 625. The number of carbonyl (C=O) groups is 1. The monoisotopic (exact) mass is 318 g/mol. The van der Waals surface area contributed by atoms with Crippen LogP contribution in [0.4, 0.5) is 0 Å². The van der Waals surface area contributed by atoms with Gasteiger partial charge in [0.05, 0.1) is 5.25 Å². The van der Waals surface area contributed by atoms with E-state index in [2.05, 4.69) is 20.5 Å². The molecule has 2 heterocycles. The highest BCUT2D eigenvalue weighted by Crippen LogP contribution is 2.26. The van der Waals surface area contributed by atoms with Crippen LogP contribution in [0.5, 0.6) is 0 Å². The molecule has 6 nitrogen and oxygen atoms in total. The van der Waals surface area contributed by atoms with Crippen molar-refractivity contribution in [3.63, 3.8) is 0 Å². The number of carbonyl (C=O) groups excluding carboxylic acids is 1. The quantitative estimate of drug-likeness (QED) is 0.854. The normalized spacial score (nSPS) is 16.6. The summed E-state index contributed by atoms with van der Waals surface area (Å²) in [4.78, 5) is 16.1. The zero-order valence-corrected chi connectivity index (χ0v) is 13.2. The molecule has 1 aliphatic rings. The van der Waals surface area contributed by atoms with E-state index in [0.717, 1.165) is 18.4 Å². The SMILES string of the molecule is CC(Sc1nnc(-c2ccncc2)o1)C(=O)NC1CCCC1. The molecule has 1 unspecified atom stereocenters. The number of hydrogen-bond acceptors (Lipinski definition) is 6. The molecular weight excluding hydrogens is 300 g/mol. The van der Waals surface area contributed by atoms with Crippen molar-refractivity contribution in [1.29, 1.82) is 0 Å². The summed E-state index contributed by atoms with van der Waals surface area (Å²) in [5.41, 5.74) is 0.817. The Morgan fingerprint density at radius 2 is 2.05 bits per heavy atom. The molecule has 0 bridgehead atoms. The summed E-state index contributed by atoms with van der Waals surface area (Å²) in [6.45, 7) is 1.85. The lowest BCUT2D eigenvalue weighted by atomic mass is 10.2. The number of nitrogens with zero attached hydrogens (tertiary/aromatic N) is 3. The van der Waals surface area contributed by atoms with Crippen molar-refractivity contribution in [2.45, 2.75) is 49.1 Å². The van der Waals surface area contributed by atoms with Gasteiger partial charge in [0.15, 0.2) is 0 Å². The van der Waals surface area contributed by atoms with Crippen LogP contribution < -0.4 is 5.32 Å². The topological polar surface area (TPSA) is 80.9 Å². The lowest BCUT2D eigenvalue weighted by Gasteiger charge is -2.14. The third-order valence-electron chi connectivity index (χ3n) is 3.68. The van der Waals surface area contributed by atoms with E-state index >= 15 is 0 Å². The van der Waals surface area contributed by atoms with E-state index in [4.69, 9.17) is 4.42 Å². The predicted molar refractivity (Wildman–Crippen MR) is 83.2 cm³/mol. The lowest BCUT2D eigenvalue weighted by Crippen LogP contribution is -2.37. The molecule has 0 saturated heterocycles. The highest BCUT2D eigenvalue weighted by Gasteiger charge is 2.23. The summed E-state index contributed by atoms with van der Waals surface area (Å²) in [5.74, 6) is 0.467. The minimum atomic E-state index is -0.258. The van der Waals surface area contributed by atoms with Crippen LogP contribution in [0.3, 0.4) is 0 Å². The van der Waals surface area contributed by atoms with Gasteiger partial charge in [0.25, 0.3) is 5.22 Å². The zero-order chi connectivity index (χ0) is 15.4. The van der Waals surface area contributed by atoms with Gasteiger partial charge in [-0.2, -0.15) is 0 Å². The third-order valence-corrected chi connectivity index (χ3v) is 4.62. The summed E-state index contributed by atoms with van der Waals surface area (Å²) in [6.07, 6.45) is 7.90. The first-order valence-corrected chi connectivity index (χ1v) is 8.31. The fourth-order valence-electron chi connectivity index (χ4n) is 2.46. The highest BCUT2D eigenvalue weighted by atomic mass is 32.2. The van der Waals surface area contributed by atoms with E-state index in [1.165, 1.54) is 24.6 Å². The highest BCUT2D eigenvalue weighted by molar-refractivity contribution is 8.00. The number of pyridine rings is 1. The van der Waals surface area contributed by atoms with Gasteiger partial charge in [-0.25, -0.2) is 0 Å². The fourth-order valence-corrected chi connectivity index (χ4v) is 3.15. The Morgan fingerprint density at radius 1 is 1.32 bits per heavy atom.